The summed E-state index contributed by atoms with van der Waals surface area (Å²) >= 11 is 0. The first-order chi connectivity index (χ1) is 16.5. The number of allylic oxidation sites excluding steroid dienone is 1. The Kier molecular flexibility index (Phi) is 6.51. The summed E-state index contributed by atoms with van der Waals surface area (Å²) in [7, 11) is 1.55. The maximum Gasteiger partial charge on any atom is 0.312 e. The smallest absolute Gasteiger partial charge is 0.312 e. The van der Waals surface area contributed by atoms with Gasteiger partial charge < -0.3 is 9.47 Å². The molecule has 0 aromatic heterocycles. The molecule has 7 heteroatoms. The number of hydrogen-bond donors (Lipinski definition) is 0. The molecule has 4 rings (SSSR count). The molecular formula is C27H20N2O5. The standard InChI is InChI=1S/C27H20N2O5/c1-33-24-9-5-4-6-21(24)19(17-28)16-18-10-12-20(13-11-18)34-25(30)14-15-29-26(31)22-7-2-3-8-23(22)27(29)32/h2-13,16H,14-15H2,1H3/b19-16-. The molecule has 0 saturated heterocycles. The summed E-state index contributed by atoms with van der Waals surface area (Å²) in [6, 6.07) is 22.7. The summed E-state index contributed by atoms with van der Waals surface area (Å²) in [5.74, 6) is -0.466. The molecule has 0 fully saturated rings. The van der Waals surface area contributed by atoms with Crippen LogP contribution in [-0.2, 0) is 4.79 Å². The van der Waals surface area contributed by atoms with Gasteiger partial charge in [-0.2, -0.15) is 5.26 Å². The number of hydrogen-bond acceptors (Lipinski definition) is 6. The van der Waals surface area contributed by atoms with Crippen LogP contribution in [0.1, 0.15) is 38.3 Å². The number of ether oxygens (including phenoxy) is 2. The number of amides is 2. The topological polar surface area (TPSA) is 96.7 Å². The average molecular weight is 452 g/mol. The Balaban J connectivity index is 1.38. The molecular weight excluding hydrogens is 432 g/mol. The van der Waals surface area contributed by atoms with Gasteiger partial charge in [0.25, 0.3) is 11.8 Å². The van der Waals surface area contributed by atoms with Gasteiger partial charge in [-0.3, -0.25) is 19.3 Å². The normalized spacial score (nSPS) is 12.8. The summed E-state index contributed by atoms with van der Waals surface area (Å²) in [6.45, 7) is -0.0591. The van der Waals surface area contributed by atoms with E-state index in [-0.39, 0.29) is 13.0 Å². The summed E-state index contributed by atoms with van der Waals surface area (Å²) in [4.78, 5) is 38.1. The summed E-state index contributed by atoms with van der Waals surface area (Å²) in [6.07, 6.45) is 1.59. The highest BCUT2D eigenvalue weighted by Crippen LogP contribution is 2.27. The van der Waals surface area contributed by atoms with E-state index in [9.17, 15) is 19.6 Å². The largest absolute Gasteiger partial charge is 0.496 e. The van der Waals surface area contributed by atoms with E-state index < -0.39 is 17.8 Å². The third kappa shape index (κ3) is 4.57. The first-order valence-electron chi connectivity index (χ1n) is 10.5. The second-order valence-electron chi connectivity index (χ2n) is 7.47. The van der Waals surface area contributed by atoms with Gasteiger partial charge in [-0.05, 0) is 48.0 Å². The number of benzene rings is 3. The lowest BCUT2D eigenvalue weighted by Crippen LogP contribution is -2.32. The Morgan fingerprint density at radius 1 is 0.941 bits per heavy atom. The molecule has 3 aromatic carbocycles. The van der Waals surface area contributed by atoms with Crippen LogP contribution in [0, 0.1) is 11.3 Å². The number of fused-ring (bicyclic) bond motifs is 1. The number of rotatable bonds is 7. The number of nitrogens with zero attached hydrogens (tertiary/aromatic N) is 2. The van der Waals surface area contributed by atoms with E-state index in [4.69, 9.17) is 9.47 Å². The molecule has 0 unspecified atom stereocenters. The van der Waals surface area contributed by atoms with E-state index in [0.717, 1.165) is 10.5 Å². The number of imide groups is 1. The first-order valence-corrected chi connectivity index (χ1v) is 10.5. The molecule has 0 bridgehead atoms. The maximum atomic E-state index is 12.4. The monoisotopic (exact) mass is 452 g/mol. The van der Waals surface area contributed by atoms with E-state index >= 15 is 0 Å². The molecule has 0 radical (unpaired) electrons. The summed E-state index contributed by atoms with van der Waals surface area (Å²) in [5.41, 5.74) is 2.54. The lowest BCUT2D eigenvalue weighted by atomic mass is 10.0. The molecule has 7 nitrogen and oxygen atoms in total. The molecule has 0 aliphatic carbocycles. The first kappa shape index (κ1) is 22.5. The Bertz CT molecular complexity index is 1300. The Hall–Kier alpha value is -4.70. The van der Waals surface area contributed by atoms with E-state index in [1.807, 2.05) is 12.1 Å². The van der Waals surface area contributed by atoms with Crippen LogP contribution in [0.4, 0.5) is 0 Å². The number of methoxy groups -OCH3 is 1. The van der Waals surface area contributed by atoms with Gasteiger partial charge in [0.05, 0.1) is 36.3 Å². The van der Waals surface area contributed by atoms with Crippen molar-refractivity contribution in [1.82, 2.24) is 4.90 Å². The minimum atomic E-state index is -0.563. The lowest BCUT2D eigenvalue weighted by molar-refractivity contribution is -0.134. The van der Waals surface area contributed by atoms with Gasteiger partial charge in [0.1, 0.15) is 11.5 Å². The number of para-hydroxylation sites is 1. The SMILES string of the molecule is COc1ccccc1/C(C#N)=C\c1ccc(OC(=O)CCN2C(=O)c3ccccc3C2=O)cc1. The van der Waals surface area contributed by atoms with Crippen LogP contribution < -0.4 is 9.47 Å². The van der Waals surface area contributed by atoms with Crippen molar-refractivity contribution in [3.8, 4) is 17.6 Å². The Morgan fingerprint density at radius 3 is 2.18 bits per heavy atom. The fraction of sp³-hybridized carbons (Fsp3) is 0.111. The quantitative estimate of drug-likeness (QED) is 0.174. The minimum absolute atomic E-state index is 0.0591. The third-order valence-electron chi connectivity index (χ3n) is 5.36. The summed E-state index contributed by atoms with van der Waals surface area (Å²) in [5, 5.41) is 9.58. The predicted octanol–water partition coefficient (Wildman–Crippen LogP) is 4.35. The zero-order chi connectivity index (χ0) is 24.1. The number of carbonyl (C=O) groups is 3. The second kappa shape index (κ2) is 9.84. The van der Waals surface area contributed by atoms with Crippen LogP contribution in [-0.4, -0.2) is 36.3 Å². The van der Waals surface area contributed by atoms with Gasteiger partial charge in [0, 0.05) is 12.1 Å². The molecule has 0 saturated carbocycles. The van der Waals surface area contributed by atoms with E-state index in [1.54, 1.807) is 73.8 Å². The molecule has 168 valence electrons. The Morgan fingerprint density at radius 2 is 1.56 bits per heavy atom. The second-order valence-corrected chi connectivity index (χ2v) is 7.47. The minimum Gasteiger partial charge on any atom is -0.496 e. The van der Waals surface area contributed by atoms with Crippen LogP contribution in [0.3, 0.4) is 0 Å². The van der Waals surface area contributed by atoms with Crippen LogP contribution in [0.5, 0.6) is 11.5 Å². The summed E-state index contributed by atoms with van der Waals surface area (Å²) < 4.78 is 10.7. The van der Waals surface area contributed by atoms with Gasteiger partial charge >= 0.3 is 5.97 Å². The number of nitriles is 1. The molecule has 0 spiro atoms. The van der Waals surface area contributed by atoms with Gasteiger partial charge in [-0.1, -0.05) is 36.4 Å². The molecule has 0 N–H and O–H groups in total. The fourth-order valence-corrected chi connectivity index (χ4v) is 3.66. The number of esters is 1. The van der Waals surface area contributed by atoms with E-state index in [1.165, 1.54) is 0 Å². The molecule has 1 aliphatic rings. The maximum absolute atomic E-state index is 12.4. The lowest BCUT2D eigenvalue weighted by Gasteiger charge is -2.13. The van der Waals surface area contributed by atoms with Crippen LogP contribution in [0.25, 0.3) is 11.6 Å². The van der Waals surface area contributed by atoms with Crippen molar-refractivity contribution in [1.29, 1.82) is 5.26 Å². The fourth-order valence-electron chi connectivity index (χ4n) is 3.66. The average Bonchev–Trinajstić information content (AvgIpc) is 3.11. The van der Waals surface area contributed by atoms with Gasteiger partial charge in [0.15, 0.2) is 0 Å². The van der Waals surface area contributed by atoms with E-state index in [2.05, 4.69) is 6.07 Å². The van der Waals surface area contributed by atoms with Crippen molar-refractivity contribution in [3.05, 3.63) is 95.1 Å². The van der Waals surface area contributed by atoms with Crippen molar-refractivity contribution < 1.29 is 23.9 Å². The molecule has 3 aromatic rings. The zero-order valence-electron chi connectivity index (χ0n) is 18.4. The van der Waals surface area contributed by atoms with Gasteiger partial charge in [-0.15, -0.1) is 0 Å². The van der Waals surface area contributed by atoms with Crippen LogP contribution in [0.2, 0.25) is 0 Å². The van der Waals surface area contributed by atoms with Crippen molar-refractivity contribution in [2.24, 2.45) is 0 Å². The van der Waals surface area contributed by atoms with Crippen LogP contribution >= 0.6 is 0 Å². The van der Waals surface area contributed by atoms with Crippen molar-refractivity contribution >= 4 is 29.4 Å². The van der Waals surface area contributed by atoms with Crippen LogP contribution in [0.15, 0.2) is 72.8 Å². The molecule has 1 heterocycles. The highest BCUT2D eigenvalue weighted by molar-refractivity contribution is 6.21. The van der Waals surface area contributed by atoms with Crippen molar-refractivity contribution in [3.63, 3.8) is 0 Å². The third-order valence-corrected chi connectivity index (χ3v) is 5.36. The highest BCUT2D eigenvalue weighted by atomic mass is 16.5. The highest BCUT2D eigenvalue weighted by Gasteiger charge is 2.35. The van der Waals surface area contributed by atoms with Gasteiger partial charge in [-0.25, -0.2) is 0 Å². The van der Waals surface area contributed by atoms with Crippen molar-refractivity contribution in [2.45, 2.75) is 6.42 Å². The molecule has 2 amide bonds. The number of carbonyl (C=O) groups excluding carboxylic acids is 3. The molecule has 0 atom stereocenters. The van der Waals surface area contributed by atoms with E-state index in [0.29, 0.717) is 33.8 Å². The van der Waals surface area contributed by atoms with Gasteiger partial charge in [0.2, 0.25) is 0 Å². The zero-order valence-corrected chi connectivity index (χ0v) is 18.4. The molecule has 34 heavy (non-hydrogen) atoms. The predicted molar refractivity (Wildman–Crippen MR) is 125 cm³/mol. The molecule has 1 aliphatic heterocycles. The van der Waals surface area contributed by atoms with Crippen molar-refractivity contribution in [2.75, 3.05) is 13.7 Å². The Labute approximate surface area is 196 Å².